The van der Waals surface area contributed by atoms with Crippen LogP contribution in [0.5, 0.6) is 0 Å². The molecule has 1 atom stereocenters. The summed E-state index contributed by atoms with van der Waals surface area (Å²) in [4.78, 5) is 12.3. The molecule has 88 valence electrons. The van der Waals surface area contributed by atoms with Gasteiger partial charge in [-0.3, -0.25) is 4.79 Å². The fraction of sp³-hybridized carbons (Fsp3) is 0.231. The van der Waals surface area contributed by atoms with Crippen LogP contribution < -0.4 is 10.6 Å². The monoisotopic (exact) mass is 246 g/mol. The number of hydrogen-bond acceptors (Lipinski definition) is 2. The van der Waals surface area contributed by atoms with E-state index in [-0.39, 0.29) is 11.8 Å². The molecule has 0 unspecified atom stereocenters. The Kier molecular flexibility index (Phi) is 3.24. The summed E-state index contributed by atoms with van der Waals surface area (Å²) in [5.74, 6) is 0.0399. The molecule has 0 amide bonds. The minimum Gasteiger partial charge on any atom is -0.356 e. The van der Waals surface area contributed by atoms with Crippen molar-refractivity contribution >= 4 is 23.1 Å². The zero-order chi connectivity index (χ0) is 12.4. The lowest BCUT2D eigenvalue weighted by Crippen LogP contribution is -2.48. The molecule has 0 bridgehead atoms. The van der Waals surface area contributed by atoms with Gasteiger partial charge in [0.25, 0.3) is 0 Å². The van der Waals surface area contributed by atoms with Crippen molar-refractivity contribution in [1.82, 2.24) is 10.6 Å². The molecule has 0 aliphatic carbocycles. The maximum absolute atomic E-state index is 12.3. The van der Waals surface area contributed by atoms with Crippen molar-refractivity contribution < 1.29 is 4.79 Å². The Bertz CT molecular complexity index is 493. The Hall–Kier alpha value is -1.68. The number of hydrogen-bond donors (Lipinski definition) is 2. The van der Waals surface area contributed by atoms with Crippen LogP contribution in [0.4, 0.5) is 0 Å². The van der Waals surface area contributed by atoms with Crippen molar-refractivity contribution in [2.45, 2.75) is 19.9 Å². The third-order valence-corrected chi connectivity index (χ3v) is 2.99. The molecule has 4 heteroatoms. The van der Waals surface area contributed by atoms with E-state index in [0.717, 1.165) is 11.3 Å². The van der Waals surface area contributed by atoms with Crippen molar-refractivity contribution in [1.29, 1.82) is 0 Å². The zero-order valence-corrected chi connectivity index (χ0v) is 10.6. The van der Waals surface area contributed by atoms with Crippen LogP contribution in [0, 0.1) is 0 Å². The molecular weight excluding hydrogens is 232 g/mol. The van der Waals surface area contributed by atoms with E-state index in [0.29, 0.717) is 10.7 Å². The number of thiocarbonyl (C=S) groups is 1. The van der Waals surface area contributed by atoms with Gasteiger partial charge in [-0.1, -0.05) is 30.3 Å². The SMILES string of the molecule is CC1=C(C(=O)c2ccccc2)[C@@H](C)NC(=S)N1. The topological polar surface area (TPSA) is 41.1 Å². The Morgan fingerprint density at radius 2 is 1.94 bits per heavy atom. The van der Waals surface area contributed by atoms with Crippen LogP contribution in [-0.2, 0) is 0 Å². The largest absolute Gasteiger partial charge is 0.356 e. The first-order valence-electron chi connectivity index (χ1n) is 5.47. The summed E-state index contributed by atoms with van der Waals surface area (Å²) in [7, 11) is 0. The van der Waals surface area contributed by atoms with Gasteiger partial charge in [-0.05, 0) is 26.1 Å². The smallest absolute Gasteiger partial charge is 0.192 e. The van der Waals surface area contributed by atoms with Crippen molar-refractivity contribution in [2.75, 3.05) is 0 Å². The second kappa shape index (κ2) is 4.67. The second-order valence-corrected chi connectivity index (χ2v) is 4.46. The number of Topliss-reactive ketones (excluding diaryl/α,β-unsaturated/α-hetero) is 1. The van der Waals surface area contributed by atoms with E-state index in [1.165, 1.54) is 0 Å². The van der Waals surface area contributed by atoms with Crippen molar-refractivity contribution in [2.24, 2.45) is 0 Å². The number of carbonyl (C=O) groups excluding carboxylic acids is 1. The molecule has 0 aromatic heterocycles. The minimum absolute atomic E-state index is 0.0399. The lowest BCUT2D eigenvalue weighted by molar-refractivity contribution is 0.102. The van der Waals surface area contributed by atoms with Gasteiger partial charge in [0.1, 0.15) is 0 Å². The summed E-state index contributed by atoms with van der Waals surface area (Å²) >= 11 is 5.05. The van der Waals surface area contributed by atoms with Gasteiger partial charge in [0.15, 0.2) is 10.9 Å². The third-order valence-electron chi connectivity index (χ3n) is 2.77. The van der Waals surface area contributed by atoms with Crippen LogP contribution in [0.3, 0.4) is 0 Å². The average Bonchev–Trinajstić information content (AvgIpc) is 2.28. The number of ketones is 1. The molecule has 1 heterocycles. The van der Waals surface area contributed by atoms with Crippen LogP contribution in [0.1, 0.15) is 24.2 Å². The first-order chi connectivity index (χ1) is 8.09. The molecule has 2 N–H and O–H groups in total. The van der Waals surface area contributed by atoms with Gasteiger partial charge in [0.05, 0.1) is 6.04 Å². The van der Waals surface area contributed by atoms with E-state index in [1.54, 1.807) is 0 Å². The zero-order valence-electron chi connectivity index (χ0n) is 9.78. The highest BCUT2D eigenvalue weighted by Crippen LogP contribution is 2.17. The van der Waals surface area contributed by atoms with Crippen LogP contribution in [0.25, 0.3) is 0 Å². The Labute approximate surface area is 106 Å². The van der Waals surface area contributed by atoms with Crippen molar-refractivity contribution in [3.05, 3.63) is 47.2 Å². The molecule has 0 saturated carbocycles. The van der Waals surface area contributed by atoms with Crippen LogP contribution in [0.15, 0.2) is 41.6 Å². The summed E-state index contributed by atoms with van der Waals surface area (Å²) in [6.45, 7) is 3.81. The maximum atomic E-state index is 12.3. The highest BCUT2D eigenvalue weighted by Gasteiger charge is 2.25. The standard InChI is InChI=1S/C13H14N2OS/c1-8-11(9(2)15-13(17)14-8)12(16)10-6-4-3-5-7-10/h3-8H,1-2H3,(H2,14,15,17)/t8-/m1/s1. The Morgan fingerprint density at radius 3 is 2.53 bits per heavy atom. The lowest BCUT2D eigenvalue weighted by atomic mass is 9.95. The predicted octanol–water partition coefficient (Wildman–Crippen LogP) is 2.01. The van der Waals surface area contributed by atoms with E-state index in [2.05, 4.69) is 10.6 Å². The van der Waals surface area contributed by atoms with E-state index in [9.17, 15) is 4.79 Å². The van der Waals surface area contributed by atoms with Crippen LogP contribution >= 0.6 is 12.2 Å². The van der Waals surface area contributed by atoms with Gasteiger partial charge in [0, 0.05) is 16.8 Å². The molecule has 1 aliphatic heterocycles. The van der Waals surface area contributed by atoms with Gasteiger partial charge in [0.2, 0.25) is 0 Å². The molecule has 0 saturated heterocycles. The summed E-state index contributed by atoms with van der Waals surface area (Å²) in [6.07, 6.45) is 0. The molecule has 17 heavy (non-hydrogen) atoms. The lowest BCUT2D eigenvalue weighted by Gasteiger charge is -2.27. The average molecular weight is 246 g/mol. The number of carbonyl (C=O) groups is 1. The fourth-order valence-corrected chi connectivity index (χ4v) is 2.31. The molecular formula is C13H14N2OS. The van der Waals surface area contributed by atoms with Gasteiger partial charge < -0.3 is 10.6 Å². The van der Waals surface area contributed by atoms with Gasteiger partial charge >= 0.3 is 0 Å². The maximum Gasteiger partial charge on any atom is 0.192 e. The first kappa shape index (κ1) is 11.8. The van der Waals surface area contributed by atoms with E-state index >= 15 is 0 Å². The molecule has 1 aliphatic rings. The second-order valence-electron chi connectivity index (χ2n) is 4.05. The normalized spacial score (nSPS) is 19.6. The summed E-state index contributed by atoms with van der Waals surface area (Å²) < 4.78 is 0. The van der Waals surface area contributed by atoms with Crippen LogP contribution in [-0.4, -0.2) is 16.9 Å². The van der Waals surface area contributed by atoms with Crippen LogP contribution in [0.2, 0.25) is 0 Å². The van der Waals surface area contributed by atoms with Gasteiger partial charge in [-0.25, -0.2) is 0 Å². The quantitative estimate of drug-likeness (QED) is 0.618. The number of rotatable bonds is 2. The first-order valence-corrected chi connectivity index (χ1v) is 5.88. The fourth-order valence-electron chi connectivity index (χ4n) is 1.98. The molecule has 1 aromatic rings. The van der Waals surface area contributed by atoms with E-state index in [1.807, 2.05) is 44.2 Å². The summed E-state index contributed by atoms with van der Waals surface area (Å²) in [6, 6.07) is 9.21. The minimum atomic E-state index is -0.0588. The van der Waals surface area contributed by atoms with Crippen molar-refractivity contribution in [3.8, 4) is 0 Å². The number of benzene rings is 1. The molecule has 3 nitrogen and oxygen atoms in total. The Morgan fingerprint density at radius 1 is 1.29 bits per heavy atom. The summed E-state index contributed by atoms with van der Waals surface area (Å²) in [5.41, 5.74) is 2.27. The number of allylic oxidation sites excluding steroid dienone is 1. The predicted molar refractivity (Wildman–Crippen MR) is 71.8 cm³/mol. The molecule has 0 fully saturated rings. The highest BCUT2D eigenvalue weighted by molar-refractivity contribution is 7.80. The Balaban J connectivity index is 2.37. The van der Waals surface area contributed by atoms with Gasteiger partial charge in [-0.2, -0.15) is 0 Å². The van der Waals surface area contributed by atoms with Crippen molar-refractivity contribution in [3.63, 3.8) is 0 Å². The third kappa shape index (κ3) is 2.36. The van der Waals surface area contributed by atoms with E-state index in [4.69, 9.17) is 12.2 Å². The highest BCUT2D eigenvalue weighted by atomic mass is 32.1. The molecule has 0 spiro atoms. The summed E-state index contributed by atoms with van der Waals surface area (Å²) in [5, 5.41) is 6.61. The van der Waals surface area contributed by atoms with E-state index < -0.39 is 0 Å². The number of nitrogens with one attached hydrogen (secondary N) is 2. The molecule has 0 radical (unpaired) electrons. The molecule has 1 aromatic carbocycles. The molecule has 2 rings (SSSR count). The van der Waals surface area contributed by atoms with Gasteiger partial charge in [-0.15, -0.1) is 0 Å².